The van der Waals surface area contributed by atoms with Crippen molar-refractivity contribution in [3.05, 3.63) is 35.9 Å². The number of amides is 1. The Bertz CT molecular complexity index is 432. The van der Waals surface area contributed by atoms with Gasteiger partial charge in [-0.05, 0) is 11.5 Å². The quantitative estimate of drug-likeness (QED) is 0.810. The molecule has 0 spiro atoms. The van der Waals surface area contributed by atoms with Crippen molar-refractivity contribution >= 4 is 11.9 Å². The largest absolute Gasteiger partial charge is 0.480 e. The van der Waals surface area contributed by atoms with Crippen LogP contribution in [0.15, 0.2) is 30.3 Å². The summed E-state index contributed by atoms with van der Waals surface area (Å²) in [6, 6.07) is 8.13. The standard InChI is InChI=1S/C14H20N2O3/c1-10(2)8-16(9-12(17)18)14(19)13(15)11-6-4-3-5-7-11/h3-7,10,13H,8-9,15H2,1-2H3,(H,17,18)/t13-/m0/s1. The third kappa shape index (κ3) is 4.71. The first-order valence-electron chi connectivity index (χ1n) is 6.23. The highest BCUT2D eigenvalue weighted by Crippen LogP contribution is 2.13. The van der Waals surface area contributed by atoms with Gasteiger partial charge < -0.3 is 15.7 Å². The lowest BCUT2D eigenvalue weighted by molar-refractivity contribution is -0.145. The lowest BCUT2D eigenvalue weighted by Crippen LogP contribution is -2.43. The molecule has 1 rings (SSSR count). The maximum Gasteiger partial charge on any atom is 0.323 e. The van der Waals surface area contributed by atoms with Gasteiger partial charge in [0.15, 0.2) is 0 Å². The molecular weight excluding hydrogens is 244 g/mol. The van der Waals surface area contributed by atoms with Gasteiger partial charge in [0.1, 0.15) is 12.6 Å². The summed E-state index contributed by atoms with van der Waals surface area (Å²) in [5.74, 6) is -1.21. The summed E-state index contributed by atoms with van der Waals surface area (Å²) in [7, 11) is 0. The van der Waals surface area contributed by atoms with Gasteiger partial charge in [-0.25, -0.2) is 0 Å². The van der Waals surface area contributed by atoms with Crippen LogP contribution in [-0.4, -0.2) is 35.0 Å². The fourth-order valence-electron chi connectivity index (χ4n) is 1.84. The number of carbonyl (C=O) groups excluding carboxylic acids is 1. The number of nitrogens with zero attached hydrogens (tertiary/aromatic N) is 1. The number of hydrogen-bond acceptors (Lipinski definition) is 3. The molecule has 0 aromatic heterocycles. The molecule has 5 heteroatoms. The second-order valence-electron chi connectivity index (χ2n) is 4.89. The molecule has 1 aromatic rings. The maximum absolute atomic E-state index is 12.3. The summed E-state index contributed by atoms with van der Waals surface area (Å²) >= 11 is 0. The molecule has 5 nitrogen and oxygen atoms in total. The predicted octanol–water partition coefficient (Wildman–Crippen LogP) is 1.26. The minimum Gasteiger partial charge on any atom is -0.480 e. The molecule has 1 atom stereocenters. The average molecular weight is 264 g/mol. The number of aliphatic carboxylic acids is 1. The third-order valence-electron chi connectivity index (χ3n) is 2.65. The van der Waals surface area contributed by atoms with Gasteiger partial charge >= 0.3 is 5.97 Å². The molecule has 0 radical (unpaired) electrons. The van der Waals surface area contributed by atoms with Crippen LogP contribution < -0.4 is 5.73 Å². The summed E-state index contributed by atoms with van der Waals surface area (Å²) in [5.41, 5.74) is 6.59. The minimum absolute atomic E-state index is 0.186. The normalized spacial score (nSPS) is 12.2. The van der Waals surface area contributed by atoms with E-state index in [9.17, 15) is 9.59 Å². The first-order chi connectivity index (χ1) is 8.91. The van der Waals surface area contributed by atoms with Crippen LogP contribution in [0.1, 0.15) is 25.5 Å². The van der Waals surface area contributed by atoms with E-state index >= 15 is 0 Å². The van der Waals surface area contributed by atoms with E-state index < -0.39 is 12.0 Å². The number of carboxylic acids is 1. The van der Waals surface area contributed by atoms with E-state index in [-0.39, 0.29) is 18.4 Å². The van der Waals surface area contributed by atoms with Crippen molar-refractivity contribution in [2.75, 3.05) is 13.1 Å². The maximum atomic E-state index is 12.3. The van der Waals surface area contributed by atoms with E-state index in [1.165, 1.54) is 4.90 Å². The van der Waals surface area contributed by atoms with E-state index in [4.69, 9.17) is 10.8 Å². The SMILES string of the molecule is CC(C)CN(CC(=O)O)C(=O)[C@@H](N)c1ccccc1. The van der Waals surface area contributed by atoms with Crippen LogP contribution in [0.4, 0.5) is 0 Å². The molecule has 3 N–H and O–H groups in total. The molecule has 19 heavy (non-hydrogen) atoms. The molecule has 1 amide bonds. The van der Waals surface area contributed by atoms with Gasteiger partial charge in [-0.15, -0.1) is 0 Å². The first-order valence-corrected chi connectivity index (χ1v) is 6.23. The highest BCUT2D eigenvalue weighted by atomic mass is 16.4. The molecule has 0 saturated heterocycles. The van der Waals surface area contributed by atoms with Gasteiger partial charge in [-0.2, -0.15) is 0 Å². The molecule has 0 aliphatic carbocycles. The zero-order valence-electron chi connectivity index (χ0n) is 11.2. The molecule has 0 heterocycles. The number of nitrogens with two attached hydrogens (primary N) is 1. The van der Waals surface area contributed by atoms with E-state index in [2.05, 4.69) is 0 Å². The molecule has 0 aliphatic rings. The highest BCUT2D eigenvalue weighted by Gasteiger charge is 2.24. The second kappa shape index (κ2) is 6.89. The van der Waals surface area contributed by atoms with Crippen molar-refractivity contribution in [1.29, 1.82) is 0 Å². The monoisotopic (exact) mass is 264 g/mol. The number of benzene rings is 1. The lowest BCUT2D eigenvalue weighted by atomic mass is 10.1. The Morgan fingerprint density at radius 2 is 1.84 bits per heavy atom. The van der Waals surface area contributed by atoms with Crippen molar-refractivity contribution in [1.82, 2.24) is 4.90 Å². The number of carbonyl (C=O) groups is 2. The van der Waals surface area contributed by atoms with Crippen LogP contribution in [0, 0.1) is 5.92 Å². The summed E-state index contributed by atoms with van der Waals surface area (Å²) in [6.07, 6.45) is 0. The summed E-state index contributed by atoms with van der Waals surface area (Å²) in [6.45, 7) is 3.91. The molecule has 104 valence electrons. The lowest BCUT2D eigenvalue weighted by Gasteiger charge is -2.25. The topological polar surface area (TPSA) is 83.6 Å². The summed E-state index contributed by atoms with van der Waals surface area (Å²) in [4.78, 5) is 24.4. The Hall–Kier alpha value is -1.88. The van der Waals surface area contributed by atoms with Gasteiger partial charge in [-0.1, -0.05) is 44.2 Å². The minimum atomic E-state index is -1.03. The second-order valence-corrected chi connectivity index (χ2v) is 4.89. The molecular formula is C14H20N2O3. The Morgan fingerprint density at radius 3 is 2.32 bits per heavy atom. The van der Waals surface area contributed by atoms with Crippen molar-refractivity contribution in [3.8, 4) is 0 Å². The molecule has 1 aromatic carbocycles. The van der Waals surface area contributed by atoms with E-state index in [1.807, 2.05) is 19.9 Å². The van der Waals surface area contributed by atoms with Crippen molar-refractivity contribution in [2.24, 2.45) is 11.7 Å². The fourth-order valence-corrected chi connectivity index (χ4v) is 1.84. The number of carboxylic acid groups (broad SMARTS) is 1. The molecule has 0 unspecified atom stereocenters. The first kappa shape index (κ1) is 15.2. The van der Waals surface area contributed by atoms with Crippen LogP contribution in [0.25, 0.3) is 0 Å². The summed E-state index contributed by atoms with van der Waals surface area (Å²) in [5, 5.41) is 8.86. The summed E-state index contributed by atoms with van der Waals surface area (Å²) < 4.78 is 0. The van der Waals surface area contributed by atoms with Crippen LogP contribution in [0.5, 0.6) is 0 Å². The fraction of sp³-hybridized carbons (Fsp3) is 0.429. The molecule has 0 bridgehead atoms. The van der Waals surface area contributed by atoms with Gasteiger partial charge in [0.05, 0.1) is 0 Å². The zero-order valence-corrected chi connectivity index (χ0v) is 11.2. The molecule has 0 fully saturated rings. The van der Waals surface area contributed by atoms with Crippen molar-refractivity contribution < 1.29 is 14.7 Å². The van der Waals surface area contributed by atoms with E-state index in [0.29, 0.717) is 12.1 Å². The van der Waals surface area contributed by atoms with Gasteiger partial charge in [-0.3, -0.25) is 9.59 Å². The molecule has 0 saturated carbocycles. The molecule has 0 aliphatic heterocycles. The van der Waals surface area contributed by atoms with Gasteiger partial charge in [0, 0.05) is 6.54 Å². The Kier molecular flexibility index (Phi) is 5.51. The Labute approximate surface area is 113 Å². The predicted molar refractivity (Wildman–Crippen MR) is 72.4 cm³/mol. The smallest absolute Gasteiger partial charge is 0.323 e. The van der Waals surface area contributed by atoms with Crippen LogP contribution >= 0.6 is 0 Å². The van der Waals surface area contributed by atoms with Gasteiger partial charge in [0.2, 0.25) is 5.91 Å². The Morgan fingerprint density at radius 1 is 1.26 bits per heavy atom. The van der Waals surface area contributed by atoms with Crippen LogP contribution in [-0.2, 0) is 9.59 Å². The van der Waals surface area contributed by atoms with Crippen LogP contribution in [0.3, 0.4) is 0 Å². The van der Waals surface area contributed by atoms with Gasteiger partial charge in [0.25, 0.3) is 0 Å². The van der Waals surface area contributed by atoms with Crippen molar-refractivity contribution in [3.63, 3.8) is 0 Å². The highest BCUT2D eigenvalue weighted by molar-refractivity contribution is 5.86. The Balaban J connectivity index is 2.83. The zero-order chi connectivity index (χ0) is 14.4. The van der Waals surface area contributed by atoms with E-state index in [1.54, 1.807) is 24.3 Å². The van der Waals surface area contributed by atoms with Crippen LogP contribution in [0.2, 0.25) is 0 Å². The average Bonchev–Trinajstić information content (AvgIpc) is 2.36. The number of rotatable bonds is 6. The third-order valence-corrected chi connectivity index (χ3v) is 2.65. The number of hydrogen-bond donors (Lipinski definition) is 2. The van der Waals surface area contributed by atoms with E-state index in [0.717, 1.165) is 0 Å². The van der Waals surface area contributed by atoms with Crippen molar-refractivity contribution in [2.45, 2.75) is 19.9 Å².